The molecule has 2 aromatic carbocycles. The Kier molecular flexibility index (Phi) is 4.77. The van der Waals surface area contributed by atoms with Crippen molar-refractivity contribution in [3.05, 3.63) is 56.5 Å². The van der Waals surface area contributed by atoms with E-state index in [9.17, 15) is 15.2 Å². The molecule has 6 nitrogen and oxygen atoms in total. The predicted octanol–water partition coefficient (Wildman–Crippen LogP) is 3.65. The van der Waals surface area contributed by atoms with Crippen molar-refractivity contribution in [2.45, 2.75) is 6.61 Å². The average molecular weight is 354 g/mol. The highest BCUT2D eigenvalue weighted by molar-refractivity contribution is 9.10. The van der Waals surface area contributed by atoms with E-state index in [-0.39, 0.29) is 18.0 Å². The first-order valence-corrected chi connectivity index (χ1v) is 6.74. The molecule has 2 rings (SSSR count). The van der Waals surface area contributed by atoms with E-state index in [1.165, 1.54) is 19.2 Å². The second kappa shape index (κ2) is 6.55. The maximum atomic E-state index is 11.1. The van der Waals surface area contributed by atoms with Crippen molar-refractivity contribution in [1.82, 2.24) is 0 Å². The van der Waals surface area contributed by atoms with Crippen LogP contribution in [0.15, 0.2) is 40.9 Å². The lowest BCUT2D eigenvalue weighted by Gasteiger charge is -2.11. The number of halogens is 1. The summed E-state index contributed by atoms with van der Waals surface area (Å²) in [6.07, 6.45) is 0. The lowest BCUT2D eigenvalue weighted by Crippen LogP contribution is -1.97. The smallest absolute Gasteiger partial charge is 0.315 e. The molecular weight excluding hydrogens is 342 g/mol. The number of aliphatic hydroxyl groups is 1. The number of ether oxygens (including phenoxy) is 2. The van der Waals surface area contributed by atoms with Crippen LogP contribution < -0.4 is 9.47 Å². The first kappa shape index (κ1) is 15.3. The van der Waals surface area contributed by atoms with E-state index in [4.69, 9.17) is 9.47 Å². The van der Waals surface area contributed by atoms with Gasteiger partial charge in [-0.1, -0.05) is 22.0 Å². The molecule has 0 fully saturated rings. The van der Waals surface area contributed by atoms with Crippen molar-refractivity contribution in [3.8, 4) is 17.2 Å². The van der Waals surface area contributed by atoms with E-state index in [1.54, 1.807) is 24.3 Å². The monoisotopic (exact) mass is 353 g/mol. The van der Waals surface area contributed by atoms with Crippen molar-refractivity contribution < 1.29 is 19.5 Å². The van der Waals surface area contributed by atoms with Gasteiger partial charge in [-0.2, -0.15) is 0 Å². The Labute approximate surface area is 129 Å². The first-order chi connectivity index (χ1) is 10.0. The van der Waals surface area contributed by atoms with Crippen LogP contribution in [0.1, 0.15) is 5.56 Å². The molecule has 110 valence electrons. The van der Waals surface area contributed by atoms with Crippen molar-refractivity contribution >= 4 is 21.6 Å². The number of hydrogen-bond acceptors (Lipinski definition) is 5. The molecule has 0 aliphatic heterocycles. The predicted molar refractivity (Wildman–Crippen MR) is 79.8 cm³/mol. The van der Waals surface area contributed by atoms with E-state index in [0.717, 1.165) is 4.47 Å². The molecule has 0 aromatic heterocycles. The standard InChI is InChI=1S/C14H12BrNO5/c1-20-11-4-5-13(12(7-11)16(18)19)21-14-6-10(15)3-2-9(14)8-17/h2-7,17H,8H2,1H3. The third kappa shape index (κ3) is 3.50. The topological polar surface area (TPSA) is 81.8 Å². The van der Waals surface area contributed by atoms with Gasteiger partial charge in [0.2, 0.25) is 5.75 Å². The van der Waals surface area contributed by atoms with Crippen LogP contribution in [0, 0.1) is 10.1 Å². The second-order valence-electron chi connectivity index (χ2n) is 4.10. The Balaban J connectivity index is 2.44. The van der Waals surface area contributed by atoms with Gasteiger partial charge < -0.3 is 14.6 Å². The van der Waals surface area contributed by atoms with Crippen molar-refractivity contribution in [2.24, 2.45) is 0 Å². The van der Waals surface area contributed by atoms with Crippen LogP contribution in [-0.4, -0.2) is 17.1 Å². The molecule has 0 saturated heterocycles. The third-order valence-corrected chi connectivity index (χ3v) is 3.28. The quantitative estimate of drug-likeness (QED) is 0.655. The van der Waals surface area contributed by atoms with Crippen LogP contribution in [0.5, 0.6) is 17.2 Å². The number of benzene rings is 2. The molecule has 0 bridgehead atoms. The van der Waals surface area contributed by atoms with Gasteiger partial charge in [-0.15, -0.1) is 0 Å². The number of rotatable bonds is 5. The number of nitrogens with zero attached hydrogens (tertiary/aromatic N) is 1. The fraction of sp³-hybridized carbons (Fsp3) is 0.143. The van der Waals surface area contributed by atoms with Gasteiger partial charge in [-0.3, -0.25) is 10.1 Å². The van der Waals surface area contributed by atoms with E-state index in [0.29, 0.717) is 17.1 Å². The van der Waals surface area contributed by atoms with Gasteiger partial charge in [-0.25, -0.2) is 0 Å². The molecule has 0 atom stereocenters. The number of nitro benzene ring substituents is 1. The number of methoxy groups -OCH3 is 1. The summed E-state index contributed by atoms with van der Waals surface area (Å²) >= 11 is 3.29. The van der Waals surface area contributed by atoms with Crippen LogP contribution in [0.2, 0.25) is 0 Å². The SMILES string of the molecule is COc1ccc(Oc2cc(Br)ccc2CO)c([N+](=O)[O-])c1. The van der Waals surface area contributed by atoms with E-state index >= 15 is 0 Å². The molecule has 0 amide bonds. The van der Waals surface area contributed by atoms with Crippen molar-refractivity contribution in [1.29, 1.82) is 0 Å². The fourth-order valence-corrected chi connectivity index (χ4v) is 2.07. The number of hydrogen-bond donors (Lipinski definition) is 1. The molecule has 0 radical (unpaired) electrons. The highest BCUT2D eigenvalue weighted by Gasteiger charge is 2.18. The zero-order valence-electron chi connectivity index (χ0n) is 11.1. The van der Waals surface area contributed by atoms with Gasteiger partial charge in [0.15, 0.2) is 0 Å². The molecule has 0 unspecified atom stereocenters. The largest absolute Gasteiger partial charge is 0.496 e. The molecule has 1 N–H and O–H groups in total. The van der Waals surface area contributed by atoms with Gasteiger partial charge in [-0.05, 0) is 24.3 Å². The molecule has 0 aliphatic rings. The summed E-state index contributed by atoms with van der Waals surface area (Å²) in [4.78, 5) is 10.6. The van der Waals surface area contributed by atoms with Gasteiger partial charge in [0.25, 0.3) is 0 Å². The lowest BCUT2D eigenvalue weighted by molar-refractivity contribution is -0.385. The molecule has 2 aromatic rings. The highest BCUT2D eigenvalue weighted by atomic mass is 79.9. The minimum Gasteiger partial charge on any atom is -0.496 e. The summed E-state index contributed by atoms with van der Waals surface area (Å²) < 4.78 is 11.3. The maximum Gasteiger partial charge on any atom is 0.315 e. The zero-order chi connectivity index (χ0) is 15.4. The Bertz CT molecular complexity index is 674. The van der Waals surface area contributed by atoms with Gasteiger partial charge in [0, 0.05) is 10.0 Å². The second-order valence-corrected chi connectivity index (χ2v) is 5.02. The lowest BCUT2D eigenvalue weighted by atomic mass is 10.2. The Hall–Kier alpha value is -2.12. The van der Waals surface area contributed by atoms with Crippen LogP contribution in [0.3, 0.4) is 0 Å². The summed E-state index contributed by atoms with van der Waals surface area (Å²) in [5.41, 5.74) is 0.321. The summed E-state index contributed by atoms with van der Waals surface area (Å²) in [7, 11) is 1.43. The van der Waals surface area contributed by atoms with Crippen LogP contribution in [-0.2, 0) is 6.61 Å². The number of aliphatic hydroxyl groups excluding tert-OH is 1. The normalized spacial score (nSPS) is 10.2. The summed E-state index contributed by atoms with van der Waals surface area (Å²) in [6, 6.07) is 9.37. The van der Waals surface area contributed by atoms with Gasteiger partial charge in [0.1, 0.15) is 11.5 Å². The minimum absolute atomic E-state index is 0.0774. The van der Waals surface area contributed by atoms with Crippen molar-refractivity contribution in [3.63, 3.8) is 0 Å². The summed E-state index contributed by atoms with van der Waals surface area (Å²) in [5, 5.41) is 20.4. The van der Waals surface area contributed by atoms with E-state index in [2.05, 4.69) is 15.9 Å². The van der Waals surface area contributed by atoms with Gasteiger partial charge >= 0.3 is 5.69 Å². The molecule has 0 spiro atoms. The molecular formula is C14H12BrNO5. The average Bonchev–Trinajstić information content (AvgIpc) is 2.47. The Morgan fingerprint density at radius 3 is 2.62 bits per heavy atom. The first-order valence-electron chi connectivity index (χ1n) is 5.94. The minimum atomic E-state index is -0.547. The van der Waals surface area contributed by atoms with E-state index in [1.807, 2.05) is 0 Å². The highest BCUT2D eigenvalue weighted by Crippen LogP contribution is 2.36. The molecule has 21 heavy (non-hydrogen) atoms. The maximum absolute atomic E-state index is 11.1. The fourth-order valence-electron chi connectivity index (χ4n) is 1.73. The van der Waals surface area contributed by atoms with Crippen LogP contribution >= 0.6 is 15.9 Å². The summed E-state index contributed by atoms with van der Waals surface area (Å²) in [5.74, 6) is 0.791. The van der Waals surface area contributed by atoms with Crippen molar-refractivity contribution in [2.75, 3.05) is 7.11 Å². The molecule has 0 heterocycles. The Morgan fingerprint density at radius 1 is 1.24 bits per heavy atom. The van der Waals surface area contributed by atoms with Crippen LogP contribution in [0.4, 0.5) is 5.69 Å². The molecule has 7 heteroatoms. The summed E-state index contributed by atoms with van der Waals surface area (Å²) in [6.45, 7) is -0.230. The molecule has 0 saturated carbocycles. The Morgan fingerprint density at radius 2 is 2.00 bits per heavy atom. The number of nitro groups is 1. The van der Waals surface area contributed by atoms with E-state index < -0.39 is 4.92 Å². The molecule has 0 aliphatic carbocycles. The van der Waals surface area contributed by atoms with Gasteiger partial charge in [0.05, 0.1) is 24.7 Å². The third-order valence-electron chi connectivity index (χ3n) is 2.78. The van der Waals surface area contributed by atoms with Crippen LogP contribution in [0.25, 0.3) is 0 Å². The zero-order valence-corrected chi connectivity index (χ0v) is 12.7.